The van der Waals surface area contributed by atoms with E-state index in [0.29, 0.717) is 29.0 Å². The van der Waals surface area contributed by atoms with Crippen LogP contribution in [0.3, 0.4) is 0 Å². The first kappa shape index (κ1) is 33.1. The Morgan fingerprint density at radius 3 is 1.15 bits per heavy atom. The van der Waals surface area contributed by atoms with Crippen LogP contribution in [0.2, 0.25) is 0 Å². The predicted molar refractivity (Wildman–Crippen MR) is 214 cm³/mol. The molecule has 4 heteroatoms. The van der Waals surface area contributed by atoms with Gasteiger partial charge in [-0.3, -0.25) is 0 Å². The number of hydrogen-bond donors (Lipinski definition) is 0. The number of benzene rings is 3. The fourth-order valence-electron chi connectivity index (χ4n) is 7.34. The average Bonchev–Trinajstić information content (AvgIpc) is 3.82. The van der Waals surface area contributed by atoms with Gasteiger partial charge in [0, 0.05) is 0 Å². The summed E-state index contributed by atoms with van der Waals surface area (Å²) in [7, 11) is 0. The van der Waals surface area contributed by atoms with Gasteiger partial charge in [-0.15, -0.1) is 0 Å². The standard InChI is InChI=1S/C42H50S2Se2/c1-3-5-7-9-11-13-15-17-19-31-21-29-23-33-35-25-38-36(26-37(35)43-39(33)27-41(29)45-31)34-24-30-22-32(46-42(30)28-40(34)44-38)20-18-16-14-12-10-8-6-4-2/h21-28H,3-20H2,1-2H3. The van der Waals surface area contributed by atoms with Crippen molar-refractivity contribution < 1.29 is 0 Å². The molecule has 0 unspecified atom stereocenters. The van der Waals surface area contributed by atoms with Crippen LogP contribution in [0.5, 0.6) is 0 Å². The Hall–Kier alpha value is -1.38. The molecule has 0 aliphatic carbocycles. The Morgan fingerprint density at radius 1 is 0.391 bits per heavy atom. The Morgan fingerprint density at radius 2 is 0.739 bits per heavy atom. The fourth-order valence-corrected chi connectivity index (χ4v) is 14.7. The molecule has 0 N–H and O–H groups in total. The van der Waals surface area contributed by atoms with Gasteiger partial charge in [0.15, 0.2) is 0 Å². The summed E-state index contributed by atoms with van der Waals surface area (Å²) >= 11 is 5.06. The minimum atomic E-state index is 0.514. The summed E-state index contributed by atoms with van der Waals surface area (Å²) in [5.41, 5.74) is 0. The third-order valence-corrected chi connectivity index (χ3v) is 17.1. The molecule has 0 nitrogen and oxygen atoms in total. The number of fused-ring (bicyclic) bond motifs is 8. The van der Waals surface area contributed by atoms with Gasteiger partial charge >= 0.3 is 298 Å². The molecule has 0 atom stereocenters. The third kappa shape index (κ3) is 7.59. The van der Waals surface area contributed by atoms with Crippen molar-refractivity contribution in [1.82, 2.24) is 0 Å². The van der Waals surface area contributed by atoms with E-state index >= 15 is 0 Å². The number of aryl methyl sites for hydroxylation is 2. The van der Waals surface area contributed by atoms with Gasteiger partial charge in [0.1, 0.15) is 0 Å². The molecular formula is C42H50S2Se2. The van der Waals surface area contributed by atoms with Crippen molar-refractivity contribution in [2.24, 2.45) is 0 Å². The van der Waals surface area contributed by atoms with E-state index in [0.717, 1.165) is 0 Å². The molecule has 242 valence electrons. The van der Waals surface area contributed by atoms with E-state index in [1.807, 2.05) is 22.7 Å². The van der Waals surface area contributed by atoms with Crippen LogP contribution in [0.4, 0.5) is 0 Å². The Balaban J connectivity index is 1.05. The average molecular weight is 777 g/mol. The zero-order valence-corrected chi connectivity index (χ0v) is 33.0. The fraction of sp³-hybridized carbons (Fsp3) is 0.476. The van der Waals surface area contributed by atoms with Gasteiger partial charge in [0.2, 0.25) is 0 Å². The van der Waals surface area contributed by atoms with Crippen LogP contribution < -0.4 is 0 Å². The van der Waals surface area contributed by atoms with Crippen LogP contribution in [0.15, 0.2) is 48.5 Å². The second-order valence-corrected chi connectivity index (χ2v) is 20.8. The van der Waals surface area contributed by atoms with E-state index in [4.69, 9.17) is 0 Å². The summed E-state index contributed by atoms with van der Waals surface area (Å²) in [6.45, 7) is 4.61. The quantitative estimate of drug-likeness (QED) is 0.0601. The molecule has 0 bridgehead atoms. The molecule has 7 rings (SSSR count). The van der Waals surface area contributed by atoms with Crippen LogP contribution in [-0.4, -0.2) is 29.0 Å². The zero-order chi connectivity index (χ0) is 31.3. The maximum absolute atomic E-state index is 2.55. The Bertz CT molecular complexity index is 1900. The summed E-state index contributed by atoms with van der Waals surface area (Å²) in [6, 6.07) is 20.3. The topological polar surface area (TPSA) is 0 Å². The van der Waals surface area contributed by atoms with Crippen molar-refractivity contribution in [2.75, 3.05) is 0 Å². The first-order valence-electron chi connectivity index (χ1n) is 18.4. The maximum atomic E-state index is 2.55. The number of thiophene rings is 2. The van der Waals surface area contributed by atoms with Crippen molar-refractivity contribution in [3.8, 4) is 0 Å². The molecule has 0 saturated carbocycles. The second-order valence-electron chi connectivity index (χ2n) is 13.7. The summed E-state index contributed by atoms with van der Waals surface area (Å²) in [4.78, 5) is 0. The number of hydrogen-bond acceptors (Lipinski definition) is 2. The molecule has 0 spiro atoms. The van der Waals surface area contributed by atoms with E-state index < -0.39 is 0 Å². The Labute approximate surface area is 296 Å². The van der Waals surface area contributed by atoms with Crippen molar-refractivity contribution in [3.63, 3.8) is 0 Å². The van der Waals surface area contributed by atoms with Gasteiger partial charge in [-0.1, -0.05) is 0 Å². The monoisotopic (exact) mass is 778 g/mol. The molecular weight excluding hydrogens is 727 g/mol. The van der Waals surface area contributed by atoms with Gasteiger partial charge in [-0.05, 0) is 0 Å². The normalized spacial score (nSPS) is 12.4. The molecule has 0 aliphatic rings. The van der Waals surface area contributed by atoms with Crippen LogP contribution in [0.1, 0.15) is 125 Å². The van der Waals surface area contributed by atoms with Crippen LogP contribution in [-0.2, 0) is 12.8 Å². The van der Waals surface area contributed by atoms with E-state index in [2.05, 4.69) is 62.4 Å². The molecule has 0 amide bonds. The van der Waals surface area contributed by atoms with Crippen molar-refractivity contribution >= 4 is 111 Å². The predicted octanol–water partition coefficient (Wildman–Crippen LogP) is 14.2. The Kier molecular flexibility index (Phi) is 11.4. The number of unbranched alkanes of at least 4 members (excludes halogenated alkanes) is 14. The van der Waals surface area contributed by atoms with Crippen molar-refractivity contribution in [1.29, 1.82) is 0 Å². The van der Waals surface area contributed by atoms with Gasteiger partial charge in [-0.25, -0.2) is 0 Å². The third-order valence-electron chi connectivity index (χ3n) is 9.99. The zero-order valence-electron chi connectivity index (χ0n) is 28.0. The number of rotatable bonds is 18. The molecule has 0 aliphatic heterocycles. The van der Waals surface area contributed by atoms with Crippen LogP contribution in [0, 0.1) is 0 Å². The van der Waals surface area contributed by atoms with Crippen molar-refractivity contribution in [2.45, 2.75) is 129 Å². The van der Waals surface area contributed by atoms with Gasteiger partial charge in [0.05, 0.1) is 0 Å². The summed E-state index contributed by atoms with van der Waals surface area (Å²) < 4.78 is 12.5. The van der Waals surface area contributed by atoms with E-state index in [9.17, 15) is 0 Å². The summed E-state index contributed by atoms with van der Waals surface area (Å²) in [6.07, 6.45) is 25.1. The summed E-state index contributed by atoms with van der Waals surface area (Å²) in [5, 5.41) is 8.88. The second kappa shape index (κ2) is 15.9. The summed E-state index contributed by atoms with van der Waals surface area (Å²) in [5.74, 6) is 0. The molecule has 0 radical (unpaired) electrons. The van der Waals surface area contributed by atoms with Crippen LogP contribution in [0.25, 0.3) is 59.6 Å². The first-order valence-corrected chi connectivity index (χ1v) is 23.4. The van der Waals surface area contributed by atoms with E-state index in [1.54, 1.807) is 17.4 Å². The molecule has 4 aromatic heterocycles. The molecule has 4 heterocycles. The van der Waals surface area contributed by atoms with E-state index in [1.165, 1.54) is 167 Å². The molecule has 0 fully saturated rings. The van der Waals surface area contributed by atoms with Crippen molar-refractivity contribution in [3.05, 3.63) is 57.4 Å². The van der Waals surface area contributed by atoms with Crippen LogP contribution >= 0.6 is 22.7 Å². The van der Waals surface area contributed by atoms with Gasteiger partial charge < -0.3 is 0 Å². The molecule has 3 aromatic carbocycles. The molecule has 7 aromatic rings. The van der Waals surface area contributed by atoms with Gasteiger partial charge in [-0.2, -0.15) is 0 Å². The first-order chi connectivity index (χ1) is 22.7. The molecule has 0 saturated heterocycles. The SMILES string of the molecule is CCCCCCCCCCc1cc2cc3c(cc2[se]1)sc1cc2c(cc13)sc1cc3[se]c(CCCCCCCCCC)cc3cc12. The van der Waals surface area contributed by atoms with E-state index in [-0.39, 0.29) is 0 Å². The molecule has 46 heavy (non-hydrogen) atoms. The minimum absolute atomic E-state index is 0.514. The van der Waals surface area contributed by atoms with Gasteiger partial charge in [0.25, 0.3) is 0 Å².